The number of rotatable bonds is 1. The number of hydrogen-bond donors (Lipinski definition) is 1. The standard InChI is InChI=1S/C7HCl5O2.Na/c8-2-1(7(13)14)3(9)5(11)6(12)4(2)10;/h(H,13,14);/q;+1. The van der Waals surface area contributed by atoms with Crippen molar-refractivity contribution >= 4 is 64.0 Å². The molecule has 1 aromatic carbocycles. The Balaban J connectivity index is 0.00000196. The van der Waals surface area contributed by atoms with E-state index in [1.54, 1.807) is 0 Å². The predicted octanol–water partition coefficient (Wildman–Crippen LogP) is 1.66. The second-order valence-corrected chi connectivity index (χ2v) is 4.14. The Morgan fingerprint density at radius 1 is 0.800 bits per heavy atom. The number of carboxylic acids is 1. The number of aromatic carboxylic acids is 1. The molecule has 0 aliphatic rings. The van der Waals surface area contributed by atoms with E-state index in [4.69, 9.17) is 63.1 Å². The molecule has 15 heavy (non-hydrogen) atoms. The van der Waals surface area contributed by atoms with Gasteiger partial charge >= 0.3 is 35.5 Å². The minimum Gasteiger partial charge on any atom is -0.478 e. The summed E-state index contributed by atoms with van der Waals surface area (Å²) in [4.78, 5) is 10.7. The van der Waals surface area contributed by atoms with Crippen molar-refractivity contribution in [1.82, 2.24) is 0 Å². The van der Waals surface area contributed by atoms with Gasteiger partial charge in [-0.25, -0.2) is 4.79 Å². The topological polar surface area (TPSA) is 37.3 Å². The third-order valence-electron chi connectivity index (χ3n) is 1.42. The zero-order valence-electron chi connectivity index (χ0n) is 7.25. The molecule has 0 atom stereocenters. The van der Waals surface area contributed by atoms with Crippen LogP contribution in [-0.4, -0.2) is 11.1 Å². The van der Waals surface area contributed by atoms with Crippen molar-refractivity contribution in [2.45, 2.75) is 0 Å². The third kappa shape index (κ3) is 3.08. The van der Waals surface area contributed by atoms with Gasteiger partial charge in [-0.1, -0.05) is 58.0 Å². The van der Waals surface area contributed by atoms with Crippen molar-refractivity contribution in [1.29, 1.82) is 0 Å². The van der Waals surface area contributed by atoms with Crippen LogP contribution in [0.15, 0.2) is 0 Å². The number of halogens is 5. The van der Waals surface area contributed by atoms with Gasteiger partial charge < -0.3 is 5.11 Å². The molecular weight excluding hydrogens is 316 g/mol. The molecule has 0 aliphatic carbocycles. The van der Waals surface area contributed by atoms with Crippen LogP contribution in [-0.2, 0) is 0 Å². The monoisotopic (exact) mass is 315 g/mol. The first-order chi connectivity index (χ1) is 6.37. The van der Waals surface area contributed by atoms with E-state index < -0.39 is 5.97 Å². The number of benzene rings is 1. The molecular formula is C7HCl5NaO2+. The molecule has 0 saturated carbocycles. The van der Waals surface area contributed by atoms with Crippen molar-refractivity contribution in [3.05, 3.63) is 30.7 Å². The van der Waals surface area contributed by atoms with Crippen LogP contribution in [0.4, 0.5) is 0 Å². The van der Waals surface area contributed by atoms with Gasteiger partial charge in [0, 0.05) is 0 Å². The summed E-state index contributed by atoms with van der Waals surface area (Å²) < 4.78 is 0. The molecule has 1 aromatic rings. The molecule has 0 bridgehead atoms. The van der Waals surface area contributed by atoms with E-state index in [1.807, 2.05) is 0 Å². The Bertz CT molecular complexity index is 391. The Kier molecular flexibility index (Phi) is 6.64. The van der Waals surface area contributed by atoms with Gasteiger partial charge in [-0.05, 0) is 0 Å². The Morgan fingerprint density at radius 3 is 1.33 bits per heavy atom. The van der Waals surface area contributed by atoms with Gasteiger partial charge in [-0.3, -0.25) is 0 Å². The first-order valence-electron chi connectivity index (χ1n) is 3.12. The molecule has 0 heterocycles. The quantitative estimate of drug-likeness (QED) is 0.486. The normalized spacial score (nSPS) is 9.67. The molecule has 0 aromatic heterocycles. The second kappa shape index (κ2) is 6.18. The fraction of sp³-hybridized carbons (Fsp3) is 0. The van der Waals surface area contributed by atoms with Crippen LogP contribution in [0.2, 0.25) is 25.1 Å². The van der Waals surface area contributed by atoms with Crippen LogP contribution in [0.25, 0.3) is 0 Å². The minimum absolute atomic E-state index is 0. The van der Waals surface area contributed by atoms with Gasteiger partial charge in [-0.15, -0.1) is 0 Å². The molecule has 0 saturated heterocycles. The van der Waals surface area contributed by atoms with E-state index in [0.29, 0.717) is 0 Å². The summed E-state index contributed by atoms with van der Waals surface area (Å²) in [6.07, 6.45) is 0. The van der Waals surface area contributed by atoms with Gasteiger partial charge in [0.25, 0.3) is 0 Å². The summed E-state index contributed by atoms with van der Waals surface area (Å²) in [5.41, 5.74) is -0.354. The molecule has 0 amide bonds. The van der Waals surface area contributed by atoms with Crippen LogP contribution in [0.5, 0.6) is 0 Å². The molecule has 0 radical (unpaired) electrons. The largest absolute Gasteiger partial charge is 1.00 e. The van der Waals surface area contributed by atoms with E-state index >= 15 is 0 Å². The predicted molar refractivity (Wildman–Crippen MR) is 58.5 cm³/mol. The molecule has 8 heteroatoms. The number of hydrogen-bond acceptors (Lipinski definition) is 1. The van der Waals surface area contributed by atoms with Crippen molar-refractivity contribution in [3.63, 3.8) is 0 Å². The van der Waals surface area contributed by atoms with Crippen LogP contribution in [0, 0.1) is 0 Å². The summed E-state index contributed by atoms with van der Waals surface area (Å²) in [5, 5.41) is 8.00. The Labute approximate surface area is 133 Å². The van der Waals surface area contributed by atoms with E-state index in [0.717, 1.165) is 0 Å². The summed E-state index contributed by atoms with van der Waals surface area (Å²) in [5.74, 6) is -1.32. The van der Waals surface area contributed by atoms with E-state index in [9.17, 15) is 4.79 Å². The second-order valence-electron chi connectivity index (χ2n) is 2.25. The van der Waals surface area contributed by atoms with Gasteiger partial charge in [0.1, 0.15) is 0 Å². The smallest absolute Gasteiger partial charge is 0.478 e. The molecule has 76 valence electrons. The van der Waals surface area contributed by atoms with E-state index in [1.165, 1.54) is 0 Å². The zero-order chi connectivity index (χ0) is 11.0. The summed E-state index contributed by atoms with van der Waals surface area (Å²) in [7, 11) is 0. The Hall–Kier alpha value is 1.14. The van der Waals surface area contributed by atoms with Crippen LogP contribution in [0.3, 0.4) is 0 Å². The fourth-order valence-corrected chi connectivity index (χ4v) is 2.09. The maximum Gasteiger partial charge on any atom is 1.00 e. The molecule has 0 spiro atoms. The van der Waals surface area contributed by atoms with Crippen molar-refractivity contribution in [2.75, 3.05) is 0 Å². The average Bonchev–Trinajstić information content (AvgIpc) is 2.11. The summed E-state index contributed by atoms with van der Waals surface area (Å²) >= 11 is 28.2. The third-order valence-corrected chi connectivity index (χ3v) is 3.70. The molecule has 1 N–H and O–H groups in total. The van der Waals surface area contributed by atoms with Crippen molar-refractivity contribution < 1.29 is 39.5 Å². The first kappa shape index (κ1) is 16.1. The summed E-state index contributed by atoms with van der Waals surface area (Å²) in [6, 6.07) is 0. The van der Waals surface area contributed by atoms with Crippen LogP contribution < -0.4 is 29.6 Å². The maximum absolute atomic E-state index is 10.7. The SMILES string of the molecule is O=C(O)c1c(Cl)c(Cl)c(Cl)c(Cl)c1Cl.[Na+]. The molecule has 2 nitrogen and oxygen atoms in total. The van der Waals surface area contributed by atoms with Crippen molar-refractivity contribution in [2.24, 2.45) is 0 Å². The van der Waals surface area contributed by atoms with Gasteiger partial charge in [0.2, 0.25) is 0 Å². The molecule has 1 rings (SSSR count). The minimum atomic E-state index is -1.32. The zero-order valence-corrected chi connectivity index (χ0v) is 13.0. The number of carboxylic acid groups (broad SMARTS) is 1. The summed E-state index contributed by atoms with van der Waals surface area (Å²) in [6.45, 7) is 0. The fourth-order valence-electron chi connectivity index (χ4n) is 0.793. The van der Waals surface area contributed by atoms with Crippen molar-refractivity contribution in [3.8, 4) is 0 Å². The molecule has 0 aliphatic heterocycles. The van der Waals surface area contributed by atoms with Gasteiger partial charge in [0.15, 0.2) is 0 Å². The van der Waals surface area contributed by atoms with Gasteiger partial charge in [0.05, 0.1) is 30.7 Å². The average molecular weight is 317 g/mol. The first-order valence-corrected chi connectivity index (χ1v) is 5.01. The van der Waals surface area contributed by atoms with E-state index in [-0.39, 0.29) is 60.2 Å². The van der Waals surface area contributed by atoms with Crippen LogP contribution in [0.1, 0.15) is 10.4 Å². The Morgan fingerprint density at radius 2 is 1.07 bits per heavy atom. The molecule has 0 unspecified atom stereocenters. The maximum atomic E-state index is 10.7. The molecule has 0 fully saturated rings. The van der Waals surface area contributed by atoms with E-state index in [2.05, 4.69) is 0 Å². The number of carbonyl (C=O) groups is 1. The van der Waals surface area contributed by atoms with Gasteiger partial charge in [-0.2, -0.15) is 0 Å². The van der Waals surface area contributed by atoms with Crippen LogP contribution >= 0.6 is 58.0 Å².